The van der Waals surface area contributed by atoms with Gasteiger partial charge in [-0.05, 0) is 12.1 Å². The Morgan fingerprint density at radius 2 is 2.15 bits per heavy atom. The van der Waals surface area contributed by atoms with Crippen LogP contribution in [0.25, 0.3) is 10.9 Å². The largest absolute Gasteiger partial charge is 0.258 e. The Labute approximate surface area is 75.7 Å². The summed E-state index contributed by atoms with van der Waals surface area (Å²) in [5.74, 6) is 0. The van der Waals surface area contributed by atoms with E-state index in [1.807, 2.05) is 18.2 Å². The van der Waals surface area contributed by atoms with Gasteiger partial charge in [-0.1, -0.05) is 6.07 Å². The molecule has 62 valence electrons. The van der Waals surface area contributed by atoms with Crippen LogP contribution in [0.5, 0.6) is 0 Å². The van der Waals surface area contributed by atoms with E-state index in [2.05, 4.69) is 16.0 Å². The topological polar surface area (TPSA) is 49.6 Å². The second-order valence-corrected chi connectivity index (χ2v) is 2.67. The Balaban J connectivity index is 2.70. The zero-order valence-electron chi connectivity index (χ0n) is 6.94. The molecule has 0 aliphatic rings. The van der Waals surface area contributed by atoms with Crippen molar-refractivity contribution in [2.24, 2.45) is 0 Å². The van der Waals surface area contributed by atoms with Gasteiger partial charge in [-0.15, -0.1) is 0 Å². The molecule has 2 rings (SSSR count). The van der Waals surface area contributed by atoms with Gasteiger partial charge in [0.25, 0.3) is 0 Å². The van der Waals surface area contributed by atoms with E-state index in [-0.39, 0.29) is 0 Å². The fourth-order valence-electron chi connectivity index (χ4n) is 1.27. The molecule has 13 heavy (non-hydrogen) atoms. The summed E-state index contributed by atoms with van der Waals surface area (Å²) in [6.07, 6.45) is 3.73. The molecule has 0 N–H and O–H groups in total. The first-order valence-corrected chi connectivity index (χ1v) is 3.97. The van der Waals surface area contributed by atoms with Crippen LogP contribution < -0.4 is 0 Å². The van der Waals surface area contributed by atoms with Gasteiger partial charge in [0.1, 0.15) is 0 Å². The quantitative estimate of drug-likeness (QED) is 0.652. The lowest BCUT2D eigenvalue weighted by Crippen LogP contribution is -1.91. The summed E-state index contributed by atoms with van der Waals surface area (Å²) < 4.78 is 0. The van der Waals surface area contributed by atoms with Crippen molar-refractivity contribution >= 4 is 10.9 Å². The zero-order chi connectivity index (χ0) is 9.10. The summed E-state index contributed by atoms with van der Waals surface area (Å²) in [4.78, 5) is 8.30. The van der Waals surface area contributed by atoms with Gasteiger partial charge in [-0.25, -0.2) is 0 Å². The van der Waals surface area contributed by atoms with Crippen molar-refractivity contribution in [3.8, 4) is 6.07 Å². The number of fused-ring (bicyclic) bond motifs is 1. The van der Waals surface area contributed by atoms with E-state index in [9.17, 15) is 0 Å². The molecule has 3 nitrogen and oxygen atoms in total. The van der Waals surface area contributed by atoms with Crippen molar-refractivity contribution in [3.05, 3.63) is 36.3 Å². The second-order valence-electron chi connectivity index (χ2n) is 2.67. The molecule has 2 aromatic rings. The van der Waals surface area contributed by atoms with Gasteiger partial charge < -0.3 is 0 Å². The van der Waals surface area contributed by atoms with Gasteiger partial charge in [-0.2, -0.15) is 5.26 Å². The predicted octanol–water partition coefficient (Wildman–Crippen LogP) is 1.70. The summed E-state index contributed by atoms with van der Waals surface area (Å²) in [5, 5.41) is 9.59. The third-order valence-electron chi connectivity index (χ3n) is 1.84. The lowest BCUT2D eigenvalue weighted by Gasteiger charge is -1.99. The van der Waals surface area contributed by atoms with Crippen LogP contribution in [0.3, 0.4) is 0 Å². The third kappa shape index (κ3) is 1.34. The molecular formula is C10H7N3. The molecule has 0 bridgehead atoms. The number of nitriles is 1. The molecule has 0 fully saturated rings. The Kier molecular flexibility index (Phi) is 1.89. The molecule has 0 amide bonds. The minimum atomic E-state index is 0.314. The molecule has 0 aliphatic heterocycles. The van der Waals surface area contributed by atoms with Crippen molar-refractivity contribution in [2.45, 2.75) is 6.42 Å². The standard InChI is InChI=1S/C10H7N3/c11-5-3-9-10-8(4-7-12-9)2-1-6-13-10/h1-2,4,6-7H,3H2. The van der Waals surface area contributed by atoms with Crippen molar-refractivity contribution in [1.82, 2.24) is 9.97 Å². The van der Waals surface area contributed by atoms with E-state index in [1.165, 1.54) is 0 Å². The van der Waals surface area contributed by atoms with Crippen molar-refractivity contribution in [1.29, 1.82) is 5.26 Å². The number of aromatic nitrogens is 2. The first kappa shape index (κ1) is 7.69. The average molecular weight is 169 g/mol. The highest BCUT2D eigenvalue weighted by atomic mass is 14.7. The van der Waals surface area contributed by atoms with Crippen LogP contribution in [0.2, 0.25) is 0 Å². The molecule has 0 saturated heterocycles. The SMILES string of the molecule is N#CCc1nccc2cccnc12. The van der Waals surface area contributed by atoms with E-state index >= 15 is 0 Å². The minimum absolute atomic E-state index is 0.314. The maximum absolute atomic E-state index is 8.56. The summed E-state index contributed by atoms with van der Waals surface area (Å²) in [6, 6.07) is 7.80. The number of rotatable bonds is 1. The summed E-state index contributed by atoms with van der Waals surface area (Å²) >= 11 is 0. The van der Waals surface area contributed by atoms with Gasteiger partial charge in [0.15, 0.2) is 0 Å². The van der Waals surface area contributed by atoms with Crippen LogP contribution >= 0.6 is 0 Å². The highest BCUT2D eigenvalue weighted by Crippen LogP contribution is 2.13. The zero-order valence-corrected chi connectivity index (χ0v) is 6.94. The minimum Gasteiger partial charge on any atom is -0.258 e. The van der Waals surface area contributed by atoms with Gasteiger partial charge in [0, 0.05) is 17.8 Å². The maximum Gasteiger partial charge on any atom is 0.0927 e. The average Bonchev–Trinajstić information content (AvgIpc) is 2.19. The molecule has 0 radical (unpaired) electrons. The molecule has 3 heteroatoms. The van der Waals surface area contributed by atoms with Gasteiger partial charge >= 0.3 is 0 Å². The summed E-state index contributed by atoms with van der Waals surface area (Å²) in [7, 11) is 0. The maximum atomic E-state index is 8.56. The van der Waals surface area contributed by atoms with Gasteiger partial charge in [-0.3, -0.25) is 9.97 Å². The van der Waals surface area contributed by atoms with Gasteiger partial charge in [0.05, 0.1) is 23.7 Å². The van der Waals surface area contributed by atoms with Crippen molar-refractivity contribution in [2.75, 3.05) is 0 Å². The van der Waals surface area contributed by atoms with Crippen LogP contribution in [0.1, 0.15) is 5.69 Å². The molecule has 2 heterocycles. The van der Waals surface area contributed by atoms with Crippen molar-refractivity contribution < 1.29 is 0 Å². The number of pyridine rings is 2. The van der Waals surface area contributed by atoms with Crippen LogP contribution in [0, 0.1) is 11.3 Å². The Morgan fingerprint density at radius 3 is 3.00 bits per heavy atom. The Morgan fingerprint density at radius 1 is 1.23 bits per heavy atom. The number of hydrogen-bond acceptors (Lipinski definition) is 3. The molecule has 0 aromatic carbocycles. The fourth-order valence-corrected chi connectivity index (χ4v) is 1.27. The molecule has 2 aromatic heterocycles. The van der Waals surface area contributed by atoms with E-state index < -0.39 is 0 Å². The first-order chi connectivity index (χ1) is 6.42. The first-order valence-electron chi connectivity index (χ1n) is 3.97. The van der Waals surface area contributed by atoms with E-state index in [0.29, 0.717) is 6.42 Å². The van der Waals surface area contributed by atoms with E-state index in [0.717, 1.165) is 16.6 Å². The van der Waals surface area contributed by atoms with Crippen LogP contribution in [-0.2, 0) is 6.42 Å². The Bertz CT molecular complexity index is 466. The molecule has 0 atom stereocenters. The van der Waals surface area contributed by atoms with Crippen LogP contribution in [0.15, 0.2) is 30.6 Å². The second kappa shape index (κ2) is 3.20. The number of nitrogens with zero attached hydrogens (tertiary/aromatic N) is 3. The molecule has 0 saturated carbocycles. The van der Waals surface area contributed by atoms with Gasteiger partial charge in [0.2, 0.25) is 0 Å². The lowest BCUT2D eigenvalue weighted by molar-refractivity contribution is 1.12. The van der Waals surface area contributed by atoms with Crippen molar-refractivity contribution in [3.63, 3.8) is 0 Å². The van der Waals surface area contributed by atoms with Crippen LogP contribution in [0.4, 0.5) is 0 Å². The monoisotopic (exact) mass is 169 g/mol. The third-order valence-corrected chi connectivity index (χ3v) is 1.84. The molecule has 0 spiro atoms. The van der Waals surface area contributed by atoms with E-state index in [4.69, 9.17) is 5.26 Å². The Hall–Kier alpha value is -1.95. The molecular weight excluding hydrogens is 162 g/mol. The summed E-state index contributed by atoms with van der Waals surface area (Å²) in [5.41, 5.74) is 1.58. The molecule has 0 unspecified atom stereocenters. The molecule has 0 aliphatic carbocycles. The van der Waals surface area contributed by atoms with E-state index in [1.54, 1.807) is 12.4 Å². The lowest BCUT2D eigenvalue weighted by atomic mass is 10.2. The number of hydrogen-bond donors (Lipinski definition) is 0. The predicted molar refractivity (Wildman–Crippen MR) is 48.9 cm³/mol. The highest BCUT2D eigenvalue weighted by Gasteiger charge is 2.01. The van der Waals surface area contributed by atoms with Crippen LogP contribution in [-0.4, -0.2) is 9.97 Å². The smallest absolute Gasteiger partial charge is 0.0927 e. The highest BCUT2D eigenvalue weighted by molar-refractivity contribution is 5.80. The normalized spacial score (nSPS) is 9.77. The fraction of sp³-hybridized carbons (Fsp3) is 0.100. The summed E-state index contributed by atoms with van der Waals surface area (Å²) in [6.45, 7) is 0.